The average Bonchev–Trinajstić information content (AvgIpc) is 2.74. The molecule has 4 nitrogen and oxygen atoms in total. The first kappa shape index (κ1) is 13.6. The van der Waals surface area contributed by atoms with Gasteiger partial charge in [-0.3, -0.25) is 0 Å². The van der Waals surface area contributed by atoms with E-state index in [1.807, 2.05) is 38.1 Å². The number of rotatable bonds is 2. The molecule has 21 heavy (non-hydrogen) atoms. The average molecular weight is 297 g/mol. The molecule has 3 aromatic rings. The van der Waals surface area contributed by atoms with Gasteiger partial charge in [-0.15, -0.1) is 0 Å². The first-order valence-corrected chi connectivity index (χ1v) is 6.96. The van der Waals surface area contributed by atoms with E-state index in [9.17, 15) is 0 Å². The van der Waals surface area contributed by atoms with Crippen LogP contribution in [0.2, 0.25) is 5.28 Å². The molecule has 104 valence electrons. The van der Waals surface area contributed by atoms with Crippen molar-refractivity contribution in [3.63, 3.8) is 0 Å². The molecule has 3 rings (SSSR count). The van der Waals surface area contributed by atoms with Gasteiger partial charge in [0.2, 0.25) is 5.28 Å². The first-order chi connectivity index (χ1) is 10.1. The van der Waals surface area contributed by atoms with Crippen molar-refractivity contribution in [2.24, 2.45) is 0 Å². The normalized spacial score (nSPS) is 10.8. The Hall–Kier alpha value is -2.38. The molecule has 0 aliphatic carbocycles. The highest BCUT2D eigenvalue weighted by atomic mass is 35.5. The van der Waals surface area contributed by atoms with Gasteiger partial charge in [0.25, 0.3) is 0 Å². The summed E-state index contributed by atoms with van der Waals surface area (Å²) in [6.07, 6.45) is 0.376. The maximum Gasteiger partial charge on any atom is 0.224 e. The Kier molecular flexibility index (Phi) is 3.36. The Bertz CT molecular complexity index is 874. The van der Waals surface area contributed by atoms with Crippen molar-refractivity contribution in [3.05, 3.63) is 46.4 Å². The molecule has 2 aromatic heterocycles. The van der Waals surface area contributed by atoms with Crippen molar-refractivity contribution in [1.29, 1.82) is 5.26 Å². The number of nitrogens with one attached hydrogen (secondary N) is 1. The van der Waals surface area contributed by atoms with Gasteiger partial charge in [0, 0.05) is 16.6 Å². The lowest BCUT2D eigenvalue weighted by Gasteiger charge is -2.06. The molecule has 0 aliphatic rings. The molecule has 0 aliphatic heterocycles. The number of aryl methyl sites for hydroxylation is 2. The lowest BCUT2D eigenvalue weighted by Crippen LogP contribution is -1.92. The Morgan fingerprint density at radius 3 is 2.86 bits per heavy atom. The van der Waals surface area contributed by atoms with Gasteiger partial charge in [-0.2, -0.15) is 10.2 Å². The quantitative estimate of drug-likeness (QED) is 0.728. The van der Waals surface area contributed by atoms with Gasteiger partial charge in [0.1, 0.15) is 5.65 Å². The zero-order chi connectivity index (χ0) is 15.0. The Morgan fingerprint density at radius 1 is 1.29 bits per heavy atom. The number of aromatic nitrogens is 3. The van der Waals surface area contributed by atoms with Gasteiger partial charge in [-0.1, -0.05) is 18.2 Å². The van der Waals surface area contributed by atoms with Crippen LogP contribution in [-0.2, 0) is 6.42 Å². The van der Waals surface area contributed by atoms with Gasteiger partial charge in [-0.05, 0) is 42.6 Å². The minimum atomic E-state index is 0.212. The number of nitrogens with zero attached hydrogens (tertiary/aromatic N) is 3. The number of nitriles is 1. The highest BCUT2D eigenvalue weighted by Crippen LogP contribution is 2.31. The van der Waals surface area contributed by atoms with E-state index in [0.717, 1.165) is 39.1 Å². The predicted octanol–water partition coefficient (Wildman–Crippen LogP) is 3.96. The van der Waals surface area contributed by atoms with Crippen LogP contribution < -0.4 is 0 Å². The molecule has 0 amide bonds. The standard InChI is InChI=1S/C16H13ClN4/c1-9-10(2)19-15-13(9)14(20-16(17)21-15)12-5-3-4-11(8-12)6-7-18/h3-5,8H,6H2,1-2H3,(H,19,20,21). The Morgan fingerprint density at radius 2 is 2.10 bits per heavy atom. The molecule has 2 heterocycles. The Labute approximate surface area is 127 Å². The first-order valence-electron chi connectivity index (χ1n) is 6.59. The van der Waals surface area contributed by atoms with Crippen molar-refractivity contribution in [2.75, 3.05) is 0 Å². The van der Waals surface area contributed by atoms with E-state index in [4.69, 9.17) is 16.9 Å². The third-order valence-corrected chi connectivity index (χ3v) is 3.78. The van der Waals surface area contributed by atoms with Crippen LogP contribution in [0.5, 0.6) is 0 Å². The van der Waals surface area contributed by atoms with E-state index >= 15 is 0 Å². The van der Waals surface area contributed by atoms with Gasteiger partial charge in [-0.25, -0.2) is 4.98 Å². The third kappa shape index (κ3) is 2.37. The van der Waals surface area contributed by atoms with Crippen molar-refractivity contribution in [2.45, 2.75) is 20.3 Å². The number of hydrogen-bond acceptors (Lipinski definition) is 3. The van der Waals surface area contributed by atoms with Gasteiger partial charge >= 0.3 is 0 Å². The van der Waals surface area contributed by atoms with Crippen molar-refractivity contribution >= 4 is 22.6 Å². The smallest absolute Gasteiger partial charge is 0.224 e. The monoisotopic (exact) mass is 296 g/mol. The molecular weight excluding hydrogens is 284 g/mol. The molecular formula is C16H13ClN4. The molecule has 0 saturated heterocycles. The maximum atomic E-state index is 8.84. The van der Waals surface area contributed by atoms with E-state index in [0.29, 0.717) is 6.42 Å². The zero-order valence-corrected chi connectivity index (χ0v) is 12.5. The topological polar surface area (TPSA) is 65.4 Å². The molecule has 0 radical (unpaired) electrons. The summed E-state index contributed by atoms with van der Waals surface area (Å²) in [5.41, 5.74) is 5.61. The van der Waals surface area contributed by atoms with E-state index in [2.05, 4.69) is 21.0 Å². The highest BCUT2D eigenvalue weighted by Gasteiger charge is 2.15. The van der Waals surface area contributed by atoms with Crippen molar-refractivity contribution in [3.8, 4) is 17.3 Å². The molecule has 0 spiro atoms. The van der Waals surface area contributed by atoms with E-state index in [1.54, 1.807) is 0 Å². The van der Waals surface area contributed by atoms with Gasteiger partial charge in [0.05, 0.1) is 18.2 Å². The second kappa shape index (κ2) is 5.19. The minimum absolute atomic E-state index is 0.212. The van der Waals surface area contributed by atoms with Crippen LogP contribution in [-0.4, -0.2) is 15.0 Å². The number of aromatic amines is 1. The SMILES string of the molecule is Cc1[nH]c2nc(Cl)nc(-c3cccc(CC#N)c3)c2c1C. The van der Waals surface area contributed by atoms with Crippen LogP contribution >= 0.6 is 11.6 Å². The summed E-state index contributed by atoms with van der Waals surface area (Å²) in [5, 5.41) is 10.0. The van der Waals surface area contributed by atoms with Gasteiger partial charge in [0.15, 0.2) is 0 Å². The zero-order valence-electron chi connectivity index (χ0n) is 11.7. The maximum absolute atomic E-state index is 8.84. The highest BCUT2D eigenvalue weighted by molar-refractivity contribution is 6.28. The van der Waals surface area contributed by atoms with Crippen molar-refractivity contribution < 1.29 is 0 Å². The molecule has 0 saturated carbocycles. The lowest BCUT2D eigenvalue weighted by atomic mass is 10.0. The predicted molar refractivity (Wildman–Crippen MR) is 83.1 cm³/mol. The fourth-order valence-electron chi connectivity index (χ4n) is 2.47. The van der Waals surface area contributed by atoms with Crippen LogP contribution in [0.4, 0.5) is 0 Å². The largest absolute Gasteiger partial charge is 0.343 e. The summed E-state index contributed by atoms with van der Waals surface area (Å²) in [6, 6.07) is 9.97. The molecule has 5 heteroatoms. The van der Waals surface area contributed by atoms with Crippen LogP contribution in [0.25, 0.3) is 22.3 Å². The number of H-pyrrole nitrogens is 1. The van der Waals surface area contributed by atoms with Crippen LogP contribution in [0, 0.1) is 25.2 Å². The summed E-state index contributed by atoms with van der Waals surface area (Å²) in [6.45, 7) is 4.04. The number of hydrogen-bond donors (Lipinski definition) is 1. The molecule has 0 bridgehead atoms. The molecule has 0 fully saturated rings. The van der Waals surface area contributed by atoms with E-state index in [1.165, 1.54) is 0 Å². The second-order valence-corrected chi connectivity index (χ2v) is 5.31. The second-order valence-electron chi connectivity index (χ2n) is 4.98. The summed E-state index contributed by atoms with van der Waals surface area (Å²) in [7, 11) is 0. The number of benzene rings is 1. The molecule has 1 aromatic carbocycles. The van der Waals surface area contributed by atoms with Crippen LogP contribution in [0.3, 0.4) is 0 Å². The summed E-state index contributed by atoms with van der Waals surface area (Å²) in [4.78, 5) is 11.9. The molecule has 0 unspecified atom stereocenters. The number of fused-ring (bicyclic) bond motifs is 1. The Balaban J connectivity index is 2.29. The summed E-state index contributed by atoms with van der Waals surface area (Å²) < 4.78 is 0. The van der Waals surface area contributed by atoms with E-state index < -0.39 is 0 Å². The fourth-order valence-corrected chi connectivity index (χ4v) is 2.64. The third-order valence-electron chi connectivity index (χ3n) is 3.61. The minimum Gasteiger partial charge on any atom is -0.343 e. The lowest BCUT2D eigenvalue weighted by molar-refractivity contribution is 1.18. The van der Waals surface area contributed by atoms with Gasteiger partial charge < -0.3 is 4.98 Å². The summed E-state index contributed by atoms with van der Waals surface area (Å²) in [5.74, 6) is 0. The van der Waals surface area contributed by atoms with Crippen LogP contribution in [0.1, 0.15) is 16.8 Å². The number of halogens is 1. The van der Waals surface area contributed by atoms with Crippen LogP contribution in [0.15, 0.2) is 24.3 Å². The molecule has 1 N–H and O–H groups in total. The fraction of sp³-hybridized carbons (Fsp3) is 0.188. The molecule has 0 atom stereocenters. The van der Waals surface area contributed by atoms with Crippen molar-refractivity contribution in [1.82, 2.24) is 15.0 Å². The van der Waals surface area contributed by atoms with E-state index in [-0.39, 0.29) is 5.28 Å². The summed E-state index contributed by atoms with van der Waals surface area (Å²) >= 11 is 6.04.